The molecule has 2 N–H and O–H groups in total. The molecule has 0 spiro atoms. The first-order chi connectivity index (χ1) is 8.65. The molecule has 2 nitrogen and oxygen atoms in total. The van der Waals surface area contributed by atoms with E-state index in [1.807, 2.05) is 11.3 Å². The summed E-state index contributed by atoms with van der Waals surface area (Å²) in [5, 5.41) is 14.3. The van der Waals surface area contributed by atoms with Crippen molar-refractivity contribution in [2.45, 2.75) is 44.9 Å². The van der Waals surface area contributed by atoms with Crippen LogP contribution in [0.2, 0.25) is 0 Å². The predicted molar refractivity (Wildman–Crippen MR) is 77.1 cm³/mol. The fourth-order valence-corrected chi connectivity index (χ4v) is 3.98. The molecular weight excluding hydrogens is 242 g/mol. The van der Waals surface area contributed by atoms with Crippen LogP contribution in [-0.2, 0) is 0 Å². The Balaban J connectivity index is 1.82. The van der Waals surface area contributed by atoms with Gasteiger partial charge in [-0.3, -0.25) is 0 Å². The highest BCUT2D eigenvalue weighted by atomic mass is 32.1. The maximum absolute atomic E-state index is 9.33. The first-order valence-corrected chi connectivity index (χ1v) is 7.39. The van der Waals surface area contributed by atoms with E-state index in [1.54, 1.807) is 0 Å². The van der Waals surface area contributed by atoms with Crippen molar-refractivity contribution in [2.24, 2.45) is 0 Å². The third kappa shape index (κ3) is 2.07. The molecule has 1 aromatic carbocycles. The van der Waals surface area contributed by atoms with Crippen LogP contribution in [-0.4, -0.2) is 17.3 Å². The van der Waals surface area contributed by atoms with Gasteiger partial charge in [-0.15, -0.1) is 11.3 Å². The zero-order valence-corrected chi connectivity index (χ0v) is 11.6. The number of aliphatic hydroxyl groups is 1. The summed E-state index contributed by atoms with van der Waals surface area (Å²) in [6.07, 6.45) is 1.71. The number of hydrogen-bond acceptors (Lipinski definition) is 3. The summed E-state index contributed by atoms with van der Waals surface area (Å²) in [5.74, 6) is 0. The fourth-order valence-electron chi connectivity index (χ4n) is 2.76. The van der Waals surface area contributed by atoms with E-state index in [4.69, 9.17) is 0 Å². The third-order valence-electron chi connectivity index (χ3n) is 3.87. The van der Waals surface area contributed by atoms with Gasteiger partial charge in [0.05, 0.1) is 6.10 Å². The Kier molecular flexibility index (Phi) is 3.14. The number of thiophene rings is 1. The second kappa shape index (κ2) is 4.65. The van der Waals surface area contributed by atoms with Crippen LogP contribution in [0.15, 0.2) is 24.3 Å². The molecule has 0 radical (unpaired) electrons. The topological polar surface area (TPSA) is 32.3 Å². The van der Waals surface area contributed by atoms with Crippen LogP contribution in [0, 0.1) is 6.92 Å². The summed E-state index contributed by atoms with van der Waals surface area (Å²) in [6.45, 7) is 4.43. The molecule has 1 aliphatic carbocycles. The van der Waals surface area contributed by atoms with Crippen LogP contribution in [0.3, 0.4) is 0 Å². The molecule has 1 saturated carbocycles. The third-order valence-corrected chi connectivity index (χ3v) is 5.33. The molecule has 1 aliphatic rings. The number of aryl methyl sites for hydroxylation is 1. The van der Waals surface area contributed by atoms with E-state index in [0.29, 0.717) is 12.1 Å². The van der Waals surface area contributed by atoms with E-state index in [-0.39, 0.29) is 6.10 Å². The molecule has 2 aromatic rings. The Morgan fingerprint density at radius 3 is 2.72 bits per heavy atom. The van der Waals surface area contributed by atoms with Crippen molar-refractivity contribution in [1.82, 2.24) is 5.32 Å². The summed E-state index contributed by atoms with van der Waals surface area (Å²) in [4.78, 5) is 1.43. The molecule has 0 bridgehead atoms. The lowest BCUT2D eigenvalue weighted by molar-refractivity contribution is 0.0587. The van der Waals surface area contributed by atoms with Gasteiger partial charge in [-0.25, -0.2) is 0 Å². The second-order valence-corrected chi connectivity index (χ2v) is 6.38. The minimum absolute atomic E-state index is 0.0850. The van der Waals surface area contributed by atoms with E-state index >= 15 is 0 Å². The van der Waals surface area contributed by atoms with Crippen molar-refractivity contribution in [2.75, 3.05) is 0 Å². The van der Waals surface area contributed by atoms with Gasteiger partial charge < -0.3 is 10.4 Å². The van der Waals surface area contributed by atoms with Gasteiger partial charge in [-0.1, -0.05) is 18.2 Å². The van der Waals surface area contributed by atoms with E-state index < -0.39 is 0 Å². The summed E-state index contributed by atoms with van der Waals surface area (Å²) >= 11 is 1.88. The monoisotopic (exact) mass is 261 g/mol. The largest absolute Gasteiger partial charge is 0.393 e. The van der Waals surface area contributed by atoms with Gasteiger partial charge in [-0.2, -0.15) is 0 Å². The number of aliphatic hydroxyl groups excluding tert-OH is 1. The summed E-state index contributed by atoms with van der Waals surface area (Å²) < 4.78 is 1.37. The molecule has 18 heavy (non-hydrogen) atoms. The first-order valence-electron chi connectivity index (χ1n) is 6.57. The predicted octanol–water partition coefficient (Wildman–Crippen LogP) is 3.38. The minimum atomic E-state index is -0.0850. The molecule has 0 aliphatic heterocycles. The van der Waals surface area contributed by atoms with Crippen LogP contribution in [0.4, 0.5) is 0 Å². The maximum atomic E-state index is 9.33. The maximum Gasteiger partial charge on any atom is 0.0570 e. The van der Waals surface area contributed by atoms with Gasteiger partial charge in [0, 0.05) is 21.7 Å². The molecule has 3 heteroatoms. The normalized spacial score (nSPS) is 25.1. The first kappa shape index (κ1) is 12.2. The Hall–Kier alpha value is -0.900. The number of rotatable bonds is 3. The summed E-state index contributed by atoms with van der Waals surface area (Å²) in [7, 11) is 0. The van der Waals surface area contributed by atoms with Crippen molar-refractivity contribution >= 4 is 21.4 Å². The quantitative estimate of drug-likeness (QED) is 0.887. The Labute approximate surface area is 112 Å². The lowest BCUT2D eigenvalue weighted by Crippen LogP contribution is -2.44. The standard InChI is InChI=1S/C15H19NOS/c1-9-13-5-3-4-6-14(13)18-15(9)10(2)16-11-7-12(17)8-11/h3-6,10-12,16-17H,7-8H2,1-2H3. The zero-order chi connectivity index (χ0) is 12.7. The van der Waals surface area contributed by atoms with Crippen LogP contribution in [0.5, 0.6) is 0 Å². The van der Waals surface area contributed by atoms with Crippen LogP contribution < -0.4 is 5.32 Å². The molecule has 1 heterocycles. The van der Waals surface area contributed by atoms with Crippen molar-refractivity contribution in [1.29, 1.82) is 0 Å². The van der Waals surface area contributed by atoms with Crippen LogP contribution in [0.1, 0.15) is 36.2 Å². The average molecular weight is 261 g/mol. The van der Waals surface area contributed by atoms with Gasteiger partial charge in [0.15, 0.2) is 0 Å². The van der Waals surface area contributed by atoms with Gasteiger partial charge >= 0.3 is 0 Å². The fraction of sp³-hybridized carbons (Fsp3) is 0.467. The highest BCUT2D eigenvalue weighted by Gasteiger charge is 2.28. The van der Waals surface area contributed by atoms with E-state index in [2.05, 4.69) is 43.4 Å². The molecule has 0 amide bonds. The van der Waals surface area contributed by atoms with E-state index in [1.165, 1.54) is 20.5 Å². The Morgan fingerprint density at radius 1 is 1.33 bits per heavy atom. The van der Waals surface area contributed by atoms with Gasteiger partial charge in [0.25, 0.3) is 0 Å². The second-order valence-electron chi connectivity index (χ2n) is 5.30. The van der Waals surface area contributed by atoms with Gasteiger partial charge in [-0.05, 0) is 43.7 Å². The molecule has 1 aromatic heterocycles. The van der Waals surface area contributed by atoms with Crippen molar-refractivity contribution in [3.63, 3.8) is 0 Å². The van der Waals surface area contributed by atoms with Crippen LogP contribution in [0.25, 0.3) is 10.1 Å². The minimum Gasteiger partial charge on any atom is -0.393 e. The summed E-state index contributed by atoms with van der Waals surface area (Å²) in [5.41, 5.74) is 1.40. The molecule has 0 saturated heterocycles. The molecule has 96 valence electrons. The van der Waals surface area contributed by atoms with Crippen molar-refractivity contribution < 1.29 is 5.11 Å². The highest BCUT2D eigenvalue weighted by Crippen LogP contribution is 2.35. The molecule has 1 fully saturated rings. The van der Waals surface area contributed by atoms with Crippen LogP contribution >= 0.6 is 11.3 Å². The Bertz CT molecular complexity index is 557. The van der Waals surface area contributed by atoms with Gasteiger partial charge in [0.2, 0.25) is 0 Å². The molecule has 3 rings (SSSR count). The van der Waals surface area contributed by atoms with Crippen molar-refractivity contribution in [3.05, 3.63) is 34.7 Å². The van der Waals surface area contributed by atoms with E-state index in [9.17, 15) is 5.11 Å². The molecule has 1 atom stereocenters. The molecule has 1 unspecified atom stereocenters. The SMILES string of the molecule is Cc1c(C(C)NC2CC(O)C2)sc2ccccc12. The van der Waals surface area contributed by atoms with Crippen molar-refractivity contribution in [3.8, 4) is 0 Å². The smallest absolute Gasteiger partial charge is 0.0570 e. The lowest BCUT2D eigenvalue weighted by Gasteiger charge is -2.34. The highest BCUT2D eigenvalue weighted by molar-refractivity contribution is 7.19. The lowest BCUT2D eigenvalue weighted by atomic mass is 9.89. The zero-order valence-electron chi connectivity index (χ0n) is 10.8. The van der Waals surface area contributed by atoms with E-state index in [0.717, 1.165) is 12.8 Å². The number of nitrogens with one attached hydrogen (secondary N) is 1. The van der Waals surface area contributed by atoms with Gasteiger partial charge in [0.1, 0.15) is 0 Å². The number of fused-ring (bicyclic) bond motifs is 1. The molecular formula is C15H19NOS. The Morgan fingerprint density at radius 2 is 2.06 bits per heavy atom. The average Bonchev–Trinajstić information content (AvgIpc) is 2.66. The number of hydrogen-bond donors (Lipinski definition) is 2. The summed E-state index contributed by atoms with van der Waals surface area (Å²) in [6, 6.07) is 9.45. The number of benzene rings is 1.